The SMILES string of the molecule is CC(C)CN(Cc1ccccc1-c1cccnc1)[C@H]1CCNC1. The van der Waals surface area contributed by atoms with Crippen LogP contribution in [-0.4, -0.2) is 35.6 Å². The molecule has 2 aromatic rings. The Hall–Kier alpha value is -1.71. The maximum absolute atomic E-state index is 4.28. The molecule has 0 aliphatic carbocycles. The van der Waals surface area contributed by atoms with Gasteiger partial charge in [-0.05, 0) is 36.1 Å². The number of rotatable bonds is 6. The summed E-state index contributed by atoms with van der Waals surface area (Å²) < 4.78 is 0. The summed E-state index contributed by atoms with van der Waals surface area (Å²) in [6.45, 7) is 9.03. The van der Waals surface area contributed by atoms with Crippen LogP contribution in [0.4, 0.5) is 0 Å². The Morgan fingerprint density at radius 2 is 2.09 bits per heavy atom. The van der Waals surface area contributed by atoms with Gasteiger partial charge in [0, 0.05) is 43.6 Å². The number of aromatic nitrogens is 1. The molecule has 1 aromatic carbocycles. The van der Waals surface area contributed by atoms with E-state index >= 15 is 0 Å². The highest BCUT2D eigenvalue weighted by Gasteiger charge is 2.23. The highest BCUT2D eigenvalue weighted by molar-refractivity contribution is 5.66. The molecule has 3 heteroatoms. The lowest BCUT2D eigenvalue weighted by atomic mass is 9.99. The second-order valence-corrected chi connectivity index (χ2v) is 6.87. The van der Waals surface area contributed by atoms with Gasteiger partial charge in [-0.1, -0.05) is 44.2 Å². The van der Waals surface area contributed by atoms with Crippen molar-refractivity contribution >= 4 is 0 Å². The standard InChI is InChI=1S/C20H27N3/c1-16(2)14-23(19-9-11-22-13-19)15-18-6-3-4-8-20(18)17-7-5-10-21-12-17/h3-8,10,12,16,19,22H,9,11,13-15H2,1-2H3/t19-/m0/s1. The number of nitrogens with zero attached hydrogens (tertiary/aromatic N) is 2. The van der Waals surface area contributed by atoms with Crippen molar-refractivity contribution in [3.8, 4) is 11.1 Å². The molecule has 1 atom stereocenters. The molecule has 0 radical (unpaired) electrons. The molecule has 0 unspecified atom stereocenters. The topological polar surface area (TPSA) is 28.2 Å². The number of benzene rings is 1. The molecule has 3 rings (SSSR count). The van der Waals surface area contributed by atoms with Crippen LogP contribution >= 0.6 is 0 Å². The van der Waals surface area contributed by atoms with Crippen LogP contribution in [0.2, 0.25) is 0 Å². The van der Waals surface area contributed by atoms with E-state index in [1.165, 1.54) is 23.1 Å². The summed E-state index contributed by atoms with van der Waals surface area (Å²) in [5.41, 5.74) is 3.91. The molecular weight excluding hydrogens is 282 g/mol. The number of nitrogens with one attached hydrogen (secondary N) is 1. The van der Waals surface area contributed by atoms with E-state index in [2.05, 4.69) is 59.4 Å². The van der Waals surface area contributed by atoms with E-state index < -0.39 is 0 Å². The van der Waals surface area contributed by atoms with E-state index in [1.807, 2.05) is 18.5 Å². The smallest absolute Gasteiger partial charge is 0.0346 e. The van der Waals surface area contributed by atoms with Gasteiger partial charge >= 0.3 is 0 Å². The van der Waals surface area contributed by atoms with E-state index in [-0.39, 0.29) is 0 Å². The van der Waals surface area contributed by atoms with E-state index in [0.29, 0.717) is 12.0 Å². The summed E-state index contributed by atoms with van der Waals surface area (Å²) >= 11 is 0. The van der Waals surface area contributed by atoms with E-state index in [9.17, 15) is 0 Å². The van der Waals surface area contributed by atoms with Crippen LogP contribution in [0.15, 0.2) is 48.8 Å². The minimum atomic E-state index is 0.652. The Bertz CT molecular complexity index is 603. The lowest BCUT2D eigenvalue weighted by molar-refractivity contribution is 0.177. The van der Waals surface area contributed by atoms with Crippen molar-refractivity contribution < 1.29 is 0 Å². The van der Waals surface area contributed by atoms with Gasteiger partial charge in [0.05, 0.1) is 0 Å². The molecule has 1 aliphatic heterocycles. The first-order valence-electron chi connectivity index (χ1n) is 8.67. The Labute approximate surface area is 139 Å². The fourth-order valence-corrected chi connectivity index (χ4v) is 3.44. The Kier molecular flexibility index (Phi) is 5.42. The van der Waals surface area contributed by atoms with Gasteiger partial charge < -0.3 is 5.32 Å². The molecule has 1 N–H and O–H groups in total. The minimum absolute atomic E-state index is 0.652. The Balaban J connectivity index is 1.85. The van der Waals surface area contributed by atoms with Crippen LogP contribution in [0, 0.1) is 5.92 Å². The molecule has 122 valence electrons. The maximum atomic E-state index is 4.28. The van der Waals surface area contributed by atoms with Gasteiger partial charge in [-0.25, -0.2) is 0 Å². The molecule has 1 aliphatic rings. The monoisotopic (exact) mass is 309 g/mol. The molecule has 0 spiro atoms. The van der Waals surface area contributed by atoms with Crippen LogP contribution in [0.25, 0.3) is 11.1 Å². The summed E-state index contributed by atoms with van der Waals surface area (Å²) in [5, 5.41) is 3.51. The van der Waals surface area contributed by atoms with Crippen LogP contribution in [-0.2, 0) is 6.54 Å². The van der Waals surface area contributed by atoms with Crippen molar-refractivity contribution in [3.05, 3.63) is 54.4 Å². The zero-order valence-electron chi connectivity index (χ0n) is 14.2. The van der Waals surface area contributed by atoms with E-state index in [4.69, 9.17) is 0 Å². The van der Waals surface area contributed by atoms with Crippen molar-refractivity contribution in [3.63, 3.8) is 0 Å². The zero-order chi connectivity index (χ0) is 16.1. The van der Waals surface area contributed by atoms with Crippen molar-refractivity contribution in [2.75, 3.05) is 19.6 Å². The Morgan fingerprint density at radius 3 is 2.78 bits per heavy atom. The molecule has 23 heavy (non-hydrogen) atoms. The van der Waals surface area contributed by atoms with E-state index in [0.717, 1.165) is 26.2 Å². The third-order valence-corrected chi connectivity index (χ3v) is 4.51. The van der Waals surface area contributed by atoms with Gasteiger partial charge in [0.15, 0.2) is 0 Å². The fraction of sp³-hybridized carbons (Fsp3) is 0.450. The summed E-state index contributed by atoms with van der Waals surface area (Å²) in [7, 11) is 0. The first kappa shape index (κ1) is 16.2. The quantitative estimate of drug-likeness (QED) is 0.884. The molecule has 0 saturated carbocycles. The minimum Gasteiger partial charge on any atom is -0.315 e. The predicted octanol–water partition coefficient (Wildman–Crippen LogP) is 3.57. The highest BCUT2D eigenvalue weighted by atomic mass is 15.2. The fourth-order valence-electron chi connectivity index (χ4n) is 3.44. The van der Waals surface area contributed by atoms with Crippen molar-refractivity contribution in [1.82, 2.24) is 15.2 Å². The van der Waals surface area contributed by atoms with Gasteiger partial charge in [0.1, 0.15) is 0 Å². The second-order valence-electron chi connectivity index (χ2n) is 6.87. The van der Waals surface area contributed by atoms with Gasteiger partial charge in [-0.3, -0.25) is 9.88 Å². The van der Waals surface area contributed by atoms with Gasteiger partial charge in [-0.15, -0.1) is 0 Å². The molecule has 1 saturated heterocycles. The maximum Gasteiger partial charge on any atom is 0.0346 e. The molecule has 3 nitrogen and oxygen atoms in total. The lowest BCUT2D eigenvalue weighted by Gasteiger charge is -2.30. The lowest BCUT2D eigenvalue weighted by Crippen LogP contribution is -2.38. The average Bonchev–Trinajstić information content (AvgIpc) is 3.10. The van der Waals surface area contributed by atoms with Gasteiger partial charge in [-0.2, -0.15) is 0 Å². The van der Waals surface area contributed by atoms with Crippen LogP contribution in [0.5, 0.6) is 0 Å². The summed E-state index contributed by atoms with van der Waals surface area (Å²) in [6.07, 6.45) is 5.05. The average molecular weight is 309 g/mol. The number of hydrogen-bond acceptors (Lipinski definition) is 3. The van der Waals surface area contributed by atoms with E-state index in [1.54, 1.807) is 0 Å². The third-order valence-electron chi connectivity index (χ3n) is 4.51. The summed E-state index contributed by atoms with van der Waals surface area (Å²) in [4.78, 5) is 6.94. The third kappa shape index (κ3) is 4.18. The largest absolute Gasteiger partial charge is 0.315 e. The van der Waals surface area contributed by atoms with Crippen LogP contribution in [0.3, 0.4) is 0 Å². The van der Waals surface area contributed by atoms with Crippen molar-refractivity contribution in [2.24, 2.45) is 5.92 Å². The van der Waals surface area contributed by atoms with Crippen molar-refractivity contribution in [1.29, 1.82) is 0 Å². The molecule has 0 amide bonds. The van der Waals surface area contributed by atoms with Crippen molar-refractivity contribution in [2.45, 2.75) is 32.9 Å². The summed E-state index contributed by atoms with van der Waals surface area (Å²) in [6, 6.07) is 13.6. The zero-order valence-corrected chi connectivity index (χ0v) is 14.2. The second kappa shape index (κ2) is 7.71. The molecule has 1 aromatic heterocycles. The van der Waals surface area contributed by atoms with Gasteiger partial charge in [0.2, 0.25) is 0 Å². The molecule has 1 fully saturated rings. The summed E-state index contributed by atoms with van der Waals surface area (Å²) in [5.74, 6) is 0.682. The predicted molar refractivity (Wildman–Crippen MR) is 96.2 cm³/mol. The molecular formula is C20H27N3. The van der Waals surface area contributed by atoms with Crippen LogP contribution in [0.1, 0.15) is 25.8 Å². The number of pyridine rings is 1. The van der Waals surface area contributed by atoms with Gasteiger partial charge in [0.25, 0.3) is 0 Å². The Morgan fingerprint density at radius 1 is 1.22 bits per heavy atom. The normalized spacial score (nSPS) is 18.0. The highest BCUT2D eigenvalue weighted by Crippen LogP contribution is 2.25. The molecule has 2 heterocycles. The number of hydrogen-bond donors (Lipinski definition) is 1. The molecule has 0 bridgehead atoms. The van der Waals surface area contributed by atoms with Crippen LogP contribution < -0.4 is 5.32 Å². The first-order chi connectivity index (χ1) is 11.2. The first-order valence-corrected chi connectivity index (χ1v) is 8.67.